The standard InChI is InChI=1S/C18H15N5O8/c1-3-20(4-2)18(24)13-7-9(21(26)27)5-11-15(13)16-12(17(11)19-25)6-10(22(28)29)8-14(16)23(30)31/h5-8,25H,3-4H2,1-2H3/b19-17-. The van der Waals surface area contributed by atoms with Crippen molar-refractivity contribution in [1.82, 2.24) is 4.90 Å². The van der Waals surface area contributed by atoms with Gasteiger partial charge < -0.3 is 10.1 Å². The summed E-state index contributed by atoms with van der Waals surface area (Å²) in [7, 11) is 0. The van der Waals surface area contributed by atoms with Crippen LogP contribution in [0, 0.1) is 30.3 Å². The molecule has 0 bridgehead atoms. The van der Waals surface area contributed by atoms with Gasteiger partial charge in [0.25, 0.3) is 23.0 Å². The minimum atomic E-state index is -0.858. The lowest BCUT2D eigenvalue weighted by Gasteiger charge is -2.20. The van der Waals surface area contributed by atoms with E-state index < -0.39 is 37.7 Å². The minimum Gasteiger partial charge on any atom is -0.410 e. The molecule has 160 valence electrons. The van der Waals surface area contributed by atoms with Gasteiger partial charge in [-0.1, -0.05) is 5.16 Å². The third-order valence-electron chi connectivity index (χ3n) is 4.99. The molecule has 13 nitrogen and oxygen atoms in total. The summed E-state index contributed by atoms with van der Waals surface area (Å²) in [6.07, 6.45) is 0. The van der Waals surface area contributed by atoms with Crippen molar-refractivity contribution in [3.05, 3.63) is 71.3 Å². The van der Waals surface area contributed by atoms with E-state index in [1.165, 1.54) is 4.90 Å². The van der Waals surface area contributed by atoms with E-state index in [-0.39, 0.29) is 46.6 Å². The highest BCUT2D eigenvalue weighted by Crippen LogP contribution is 2.47. The van der Waals surface area contributed by atoms with E-state index in [1.807, 2.05) is 0 Å². The van der Waals surface area contributed by atoms with Crippen molar-refractivity contribution in [2.75, 3.05) is 13.1 Å². The summed E-state index contributed by atoms with van der Waals surface area (Å²) in [5.74, 6) is -0.622. The molecule has 0 radical (unpaired) electrons. The van der Waals surface area contributed by atoms with Crippen LogP contribution in [0.1, 0.15) is 35.3 Å². The first-order valence-electron chi connectivity index (χ1n) is 8.97. The zero-order chi connectivity index (χ0) is 23.0. The molecule has 13 heteroatoms. The van der Waals surface area contributed by atoms with Crippen molar-refractivity contribution < 1.29 is 24.8 Å². The van der Waals surface area contributed by atoms with E-state index in [9.17, 15) is 40.3 Å². The van der Waals surface area contributed by atoms with Gasteiger partial charge in [0.1, 0.15) is 5.71 Å². The monoisotopic (exact) mass is 429 g/mol. The van der Waals surface area contributed by atoms with Crippen LogP contribution in [-0.2, 0) is 0 Å². The van der Waals surface area contributed by atoms with Gasteiger partial charge >= 0.3 is 0 Å². The average Bonchev–Trinajstić information content (AvgIpc) is 3.06. The van der Waals surface area contributed by atoms with Crippen molar-refractivity contribution in [1.29, 1.82) is 0 Å². The van der Waals surface area contributed by atoms with E-state index in [1.54, 1.807) is 13.8 Å². The molecule has 0 atom stereocenters. The number of benzene rings is 2. The molecule has 0 aromatic heterocycles. The zero-order valence-electron chi connectivity index (χ0n) is 16.3. The van der Waals surface area contributed by atoms with Gasteiger partial charge in [0.15, 0.2) is 0 Å². The maximum Gasteiger partial charge on any atom is 0.284 e. The van der Waals surface area contributed by atoms with E-state index in [0.29, 0.717) is 0 Å². The normalized spacial score (nSPS) is 12.9. The second kappa shape index (κ2) is 7.78. The third kappa shape index (κ3) is 3.31. The number of fused-ring (bicyclic) bond motifs is 3. The lowest BCUT2D eigenvalue weighted by atomic mass is 9.96. The molecule has 1 N–H and O–H groups in total. The van der Waals surface area contributed by atoms with E-state index >= 15 is 0 Å². The van der Waals surface area contributed by atoms with Gasteiger partial charge in [0.05, 0.1) is 32.0 Å². The van der Waals surface area contributed by atoms with Crippen LogP contribution in [0.3, 0.4) is 0 Å². The summed E-state index contributed by atoms with van der Waals surface area (Å²) in [6, 6.07) is 3.71. The Balaban J connectivity index is 2.49. The Morgan fingerprint density at radius 3 is 1.87 bits per heavy atom. The predicted molar refractivity (Wildman–Crippen MR) is 107 cm³/mol. The van der Waals surface area contributed by atoms with Crippen molar-refractivity contribution in [3.8, 4) is 11.1 Å². The van der Waals surface area contributed by atoms with Gasteiger partial charge in [-0.3, -0.25) is 35.1 Å². The Kier molecular flexibility index (Phi) is 5.34. The number of nitrogens with zero attached hydrogens (tertiary/aromatic N) is 5. The number of hydrogen-bond donors (Lipinski definition) is 1. The van der Waals surface area contributed by atoms with Crippen LogP contribution < -0.4 is 0 Å². The Hall–Kier alpha value is -4.42. The predicted octanol–water partition coefficient (Wildman–Crippen LogP) is 3.10. The molecule has 2 aromatic carbocycles. The molecule has 0 fully saturated rings. The number of rotatable bonds is 6. The first-order valence-corrected chi connectivity index (χ1v) is 8.97. The van der Waals surface area contributed by atoms with Gasteiger partial charge in [-0.25, -0.2) is 0 Å². The van der Waals surface area contributed by atoms with E-state index in [2.05, 4.69) is 5.16 Å². The largest absolute Gasteiger partial charge is 0.410 e. The highest BCUT2D eigenvalue weighted by Gasteiger charge is 2.40. The first kappa shape index (κ1) is 21.3. The second-order valence-electron chi connectivity index (χ2n) is 6.50. The van der Waals surface area contributed by atoms with Crippen LogP contribution in [0.15, 0.2) is 29.4 Å². The molecule has 0 spiro atoms. The molecular formula is C18H15N5O8. The van der Waals surface area contributed by atoms with Crippen LogP contribution in [-0.4, -0.2) is 49.6 Å². The SMILES string of the molecule is CCN(CC)C(=O)c1cc([N+](=O)[O-])cc2c1-c1c(cc([N+](=O)[O-])cc1[N+](=O)[O-])/C2=N\O. The summed E-state index contributed by atoms with van der Waals surface area (Å²) in [5, 5.41) is 47.1. The van der Waals surface area contributed by atoms with Crippen LogP contribution in [0.5, 0.6) is 0 Å². The van der Waals surface area contributed by atoms with Crippen LogP contribution in [0.2, 0.25) is 0 Å². The first-order chi connectivity index (χ1) is 14.7. The smallest absolute Gasteiger partial charge is 0.284 e. The summed E-state index contributed by atoms with van der Waals surface area (Å²) in [4.78, 5) is 46.5. The molecule has 3 rings (SSSR count). The van der Waals surface area contributed by atoms with Crippen LogP contribution in [0.4, 0.5) is 17.1 Å². The van der Waals surface area contributed by atoms with Crippen molar-refractivity contribution in [3.63, 3.8) is 0 Å². The Morgan fingerprint density at radius 1 is 0.903 bits per heavy atom. The number of carbonyl (C=O) groups excluding carboxylic acids is 1. The Labute approximate surface area is 173 Å². The zero-order valence-corrected chi connectivity index (χ0v) is 16.3. The minimum absolute atomic E-state index is 0.0492. The molecule has 0 heterocycles. The van der Waals surface area contributed by atoms with Gasteiger partial charge in [0.2, 0.25) is 0 Å². The quantitative estimate of drug-likeness (QED) is 0.352. The topological polar surface area (TPSA) is 182 Å². The van der Waals surface area contributed by atoms with Crippen molar-refractivity contribution >= 4 is 28.7 Å². The van der Waals surface area contributed by atoms with Crippen LogP contribution >= 0.6 is 0 Å². The lowest BCUT2D eigenvalue weighted by molar-refractivity contribution is -0.393. The maximum absolute atomic E-state index is 13.1. The molecule has 1 aliphatic rings. The van der Waals surface area contributed by atoms with Crippen molar-refractivity contribution in [2.24, 2.45) is 5.16 Å². The molecule has 0 saturated heterocycles. The second-order valence-corrected chi connectivity index (χ2v) is 6.50. The van der Waals surface area contributed by atoms with E-state index in [4.69, 9.17) is 0 Å². The number of nitro groups is 3. The number of oxime groups is 1. The van der Waals surface area contributed by atoms with Crippen molar-refractivity contribution in [2.45, 2.75) is 13.8 Å². The fourth-order valence-electron chi connectivity index (χ4n) is 3.60. The molecule has 31 heavy (non-hydrogen) atoms. The summed E-state index contributed by atoms with van der Waals surface area (Å²) in [6.45, 7) is 3.92. The Morgan fingerprint density at radius 2 is 1.42 bits per heavy atom. The number of hydrogen-bond acceptors (Lipinski definition) is 9. The fourth-order valence-corrected chi connectivity index (χ4v) is 3.60. The molecular weight excluding hydrogens is 414 g/mol. The molecule has 1 amide bonds. The van der Waals surface area contributed by atoms with Crippen LogP contribution in [0.25, 0.3) is 11.1 Å². The Bertz CT molecular complexity index is 1190. The molecule has 0 aliphatic heterocycles. The maximum atomic E-state index is 13.1. The van der Waals surface area contributed by atoms with Gasteiger partial charge in [0, 0.05) is 48.0 Å². The molecule has 0 unspecified atom stereocenters. The number of non-ortho nitro benzene ring substituents is 2. The van der Waals surface area contributed by atoms with E-state index in [0.717, 1.165) is 24.3 Å². The molecule has 0 saturated carbocycles. The highest BCUT2D eigenvalue weighted by molar-refractivity contribution is 6.28. The highest BCUT2D eigenvalue weighted by atomic mass is 16.6. The van der Waals surface area contributed by atoms with Gasteiger partial charge in [-0.2, -0.15) is 0 Å². The number of carbonyl (C=O) groups is 1. The summed E-state index contributed by atoms with van der Waals surface area (Å²) in [5.41, 5.74) is -2.87. The third-order valence-corrected chi connectivity index (χ3v) is 4.99. The summed E-state index contributed by atoms with van der Waals surface area (Å²) >= 11 is 0. The number of amides is 1. The molecule has 1 aliphatic carbocycles. The molecule has 2 aromatic rings. The number of nitro benzene ring substituents is 3. The van der Waals surface area contributed by atoms with Gasteiger partial charge in [-0.15, -0.1) is 0 Å². The van der Waals surface area contributed by atoms with Gasteiger partial charge in [-0.05, 0) is 13.8 Å². The summed E-state index contributed by atoms with van der Waals surface area (Å²) < 4.78 is 0. The lowest BCUT2D eigenvalue weighted by Crippen LogP contribution is -2.31. The average molecular weight is 429 g/mol. The fraction of sp³-hybridized carbons (Fsp3) is 0.222.